The largest absolute Gasteiger partial charge is 0.326 e. The van der Waals surface area contributed by atoms with Crippen molar-refractivity contribution in [3.63, 3.8) is 0 Å². The maximum atomic E-state index is 13.1. The fourth-order valence-electron chi connectivity index (χ4n) is 4.60. The van der Waals surface area contributed by atoms with Gasteiger partial charge >= 0.3 is 0 Å². The molecule has 1 saturated carbocycles. The third-order valence-electron chi connectivity index (χ3n) is 6.39. The van der Waals surface area contributed by atoms with Gasteiger partial charge in [-0.05, 0) is 54.5 Å². The van der Waals surface area contributed by atoms with Crippen molar-refractivity contribution in [2.75, 3.05) is 11.9 Å². The second-order valence-electron chi connectivity index (χ2n) is 8.68. The van der Waals surface area contributed by atoms with Crippen molar-refractivity contribution in [2.45, 2.75) is 45.4 Å². The van der Waals surface area contributed by atoms with Crippen LogP contribution in [0.5, 0.6) is 0 Å². The van der Waals surface area contributed by atoms with Gasteiger partial charge in [0.1, 0.15) is 0 Å². The van der Waals surface area contributed by atoms with Crippen molar-refractivity contribution in [3.05, 3.63) is 65.2 Å². The first-order chi connectivity index (χ1) is 14.5. The summed E-state index contributed by atoms with van der Waals surface area (Å²) in [4.78, 5) is 39.9. The molecule has 3 amide bonds. The molecule has 2 atom stereocenters. The second-order valence-corrected chi connectivity index (χ2v) is 8.68. The van der Waals surface area contributed by atoms with E-state index in [1.165, 1.54) is 10.5 Å². The lowest BCUT2D eigenvalue weighted by molar-refractivity contribution is -0.122. The summed E-state index contributed by atoms with van der Waals surface area (Å²) in [6.45, 7) is 4.58. The number of benzene rings is 2. The zero-order valence-electron chi connectivity index (χ0n) is 17.6. The van der Waals surface area contributed by atoms with Crippen LogP contribution in [0.2, 0.25) is 0 Å². The quantitative estimate of drug-likeness (QED) is 0.725. The van der Waals surface area contributed by atoms with Crippen LogP contribution in [0.3, 0.4) is 0 Å². The van der Waals surface area contributed by atoms with Gasteiger partial charge in [-0.25, -0.2) is 0 Å². The van der Waals surface area contributed by atoms with E-state index in [2.05, 4.69) is 19.2 Å². The third kappa shape index (κ3) is 3.89. The topological polar surface area (TPSA) is 66.5 Å². The van der Waals surface area contributed by atoms with Gasteiger partial charge in [-0.15, -0.1) is 0 Å². The van der Waals surface area contributed by atoms with E-state index in [0.29, 0.717) is 23.6 Å². The van der Waals surface area contributed by atoms with Crippen LogP contribution < -0.4 is 5.32 Å². The number of amides is 3. The Morgan fingerprint density at radius 1 is 0.967 bits per heavy atom. The molecular formula is C25H28N2O3. The molecule has 2 aliphatic rings. The summed E-state index contributed by atoms with van der Waals surface area (Å²) < 4.78 is 0. The SMILES string of the molecule is CC(C)c1ccc(NC(=O)C2CCCCC2CN2C(=O)c3ccccc3C2=O)cc1. The van der Waals surface area contributed by atoms with Gasteiger partial charge in [-0.1, -0.05) is 51.0 Å². The Kier molecular flexibility index (Phi) is 5.71. The molecule has 2 aromatic rings. The highest BCUT2D eigenvalue weighted by molar-refractivity contribution is 6.21. The lowest BCUT2D eigenvalue weighted by Gasteiger charge is -2.32. The summed E-state index contributed by atoms with van der Waals surface area (Å²) in [5.41, 5.74) is 2.94. The van der Waals surface area contributed by atoms with Gasteiger partial charge in [0.2, 0.25) is 5.91 Å². The van der Waals surface area contributed by atoms with E-state index in [1.807, 2.05) is 24.3 Å². The average molecular weight is 405 g/mol. The maximum Gasteiger partial charge on any atom is 0.261 e. The summed E-state index contributed by atoms with van der Waals surface area (Å²) in [7, 11) is 0. The molecule has 1 fully saturated rings. The van der Waals surface area contributed by atoms with E-state index < -0.39 is 0 Å². The number of hydrogen-bond acceptors (Lipinski definition) is 3. The summed E-state index contributed by atoms with van der Waals surface area (Å²) >= 11 is 0. The van der Waals surface area contributed by atoms with Crippen LogP contribution in [0.25, 0.3) is 0 Å². The number of hydrogen-bond donors (Lipinski definition) is 1. The van der Waals surface area contributed by atoms with E-state index >= 15 is 0 Å². The predicted octanol–water partition coefficient (Wildman–Crippen LogP) is 4.85. The number of rotatable bonds is 5. The second kappa shape index (κ2) is 8.42. The summed E-state index contributed by atoms with van der Waals surface area (Å²) in [5.74, 6) is -0.288. The lowest BCUT2D eigenvalue weighted by Crippen LogP contribution is -2.41. The molecule has 2 unspecified atom stereocenters. The fourth-order valence-corrected chi connectivity index (χ4v) is 4.60. The van der Waals surface area contributed by atoms with Crippen LogP contribution in [0.1, 0.15) is 71.7 Å². The normalized spacial score (nSPS) is 21.1. The minimum Gasteiger partial charge on any atom is -0.326 e. The smallest absolute Gasteiger partial charge is 0.261 e. The Hall–Kier alpha value is -2.95. The predicted molar refractivity (Wildman–Crippen MR) is 116 cm³/mol. The van der Waals surface area contributed by atoms with Gasteiger partial charge in [0.15, 0.2) is 0 Å². The molecule has 1 N–H and O–H groups in total. The molecule has 0 spiro atoms. The Morgan fingerprint density at radius 3 is 2.17 bits per heavy atom. The van der Waals surface area contributed by atoms with Crippen LogP contribution in [0, 0.1) is 11.8 Å². The number of nitrogens with one attached hydrogen (secondary N) is 1. The summed E-state index contributed by atoms with van der Waals surface area (Å²) in [6, 6.07) is 14.9. The van der Waals surface area contributed by atoms with Crippen molar-refractivity contribution in [1.82, 2.24) is 4.90 Å². The number of anilines is 1. The minimum atomic E-state index is -0.246. The number of carbonyl (C=O) groups is 3. The van der Waals surface area contributed by atoms with Crippen LogP contribution in [-0.2, 0) is 4.79 Å². The maximum absolute atomic E-state index is 13.1. The Labute approximate surface area is 177 Å². The highest BCUT2D eigenvalue weighted by atomic mass is 16.2. The van der Waals surface area contributed by atoms with E-state index in [-0.39, 0.29) is 29.6 Å². The number of imide groups is 1. The summed E-state index contributed by atoms with van der Waals surface area (Å²) in [5, 5.41) is 3.04. The zero-order valence-corrected chi connectivity index (χ0v) is 17.6. The van der Waals surface area contributed by atoms with Gasteiger partial charge < -0.3 is 5.32 Å². The molecule has 1 aliphatic carbocycles. The first-order valence-corrected chi connectivity index (χ1v) is 10.8. The highest BCUT2D eigenvalue weighted by Gasteiger charge is 2.40. The van der Waals surface area contributed by atoms with Crippen molar-refractivity contribution in [3.8, 4) is 0 Å². The molecule has 4 rings (SSSR count). The van der Waals surface area contributed by atoms with Crippen molar-refractivity contribution in [2.24, 2.45) is 11.8 Å². The van der Waals surface area contributed by atoms with Gasteiger partial charge in [0, 0.05) is 18.2 Å². The molecule has 156 valence electrons. The number of carbonyl (C=O) groups excluding carboxylic acids is 3. The Bertz CT molecular complexity index is 930. The molecule has 5 heteroatoms. The molecule has 0 saturated heterocycles. The van der Waals surface area contributed by atoms with Crippen molar-refractivity contribution >= 4 is 23.4 Å². The molecule has 30 heavy (non-hydrogen) atoms. The fraction of sp³-hybridized carbons (Fsp3) is 0.400. The molecule has 0 aromatic heterocycles. The summed E-state index contributed by atoms with van der Waals surface area (Å²) in [6.07, 6.45) is 3.63. The van der Waals surface area contributed by atoms with Gasteiger partial charge in [-0.3, -0.25) is 19.3 Å². The Morgan fingerprint density at radius 2 is 1.57 bits per heavy atom. The molecular weight excluding hydrogens is 376 g/mol. The number of nitrogens with zero attached hydrogens (tertiary/aromatic N) is 1. The Balaban J connectivity index is 1.46. The molecule has 5 nitrogen and oxygen atoms in total. The van der Waals surface area contributed by atoms with Gasteiger partial charge in [-0.2, -0.15) is 0 Å². The standard InChI is InChI=1S/C25H28N2O3/c1-16(2)17-11-13-19(14-12-17)26-23(28)20-8-4-3-7-18(20)15-27-24(29)21-9-5-6-10-22(21)25(27)30/h5-6,9-14,16,18,20H,3-4,7-8,15H2,1-2H3,(H,26,28). The molecule has 0 bridgehead atoms. The average Bonchev–Trinajstić information content (AvgIpc) is 2.99. The van der Waals surface area contributed by atoms with Crippen LogP contribution in [0.15, 0.2) is 48.5 Å². The van der Waals surface area contributed by atoms with E-state index in [4.69, 9.17) is 0 Å². The molecule has 0 radical (unpaired) electrons. The molecule has 1 heterocycles. The highest BCUT2D eigenvalue weighted by Crippen LogP contribution is 2.34. The van der Waals surface area contributed by atoms with Gasteiger partial charge in [0.05, 0.1) is 11.1 Å². The number of fused-ring (bicyclic) bond motifs is 1. The first kappa shape index (κ1) is 20.3. The third-order valence-corrected chi connectivity index (χ3v) is 6.39. The monoisotopic (exact) mass is 404 g/mol. The van der Waals surface area contributed by atoms with E-state index in [1.54, 1.807) is 24.3 Å². The van der Waals surface area contributed by atoms with Crippen LogP contribution in [0.4, 0.5) is 5.69 Å². The van der Waals surface area contributed by atoms with Gasteiger partial charge in [0.25, 0.3) is 11.8 Å². The van der Waals surface area contributed by atoms with Crippen LogP contribution >= 0.6 is 0 Å². The minimum absolute atomic E-state index is 0.0177. The first-order valence-electron chi connectivity index (χ1n) is 10.8. The molecule has 1 aliphatic heterocycles. The van der Waals surface area contributed by atoms with E-state index in [0.717, 1.165) is 31.4 Å². The van der Waals surface area contributed by atoms with Crippen molar-refractivity contribution < 1.29 is 14.4 Å². The molecule has 2 aromatic carbocycles. The van der Waals surface area contributed by atoms with Crippen molar-refractivity contribution in [1.29, 1.82) is 0 Å². The lowest BCUT2D eigenvalue weighted by atomic mass is 9.78. The van der Waals surface area contributed by atoms with E-state index in [9.17, 15) is 14.4 Å². The van der Waals surface area contributed by atoms with Crippen LogP contribution in [-0.4, -0.2) is 29.2 Å². The zero-order chi connectivity index (χ0) is 21.3.